The van der Waals surface area contributed by atoms with Crippen molar-refractivity contribution in [2.24, 2.45) is 7.05 Å². The quantitative estimate of drug-likeness (QED) is 0.784. The summed E-state index contributed by atoms with van der Waals surface area (Å²) in [7, 11) is 1.87. The number of nitrogens with one attached hydrogen (secondary N) is 1. The summed E-state index contributed by atoms with van der Waals surface area (Å²) in [4.78, 5) is 12.0. The van der Waals surface area contributed by atoms with Gasteiger partial charge in [-0.05, 0) is 27.2 Å². The van der Waals surface area contributed by atoms with E-state index in [4.69, 9.17) is 4.74 Å². The number of hydrogen-bond acceptors (Lipinski definition) is 4. The number of carbonyl (C=O) groups is 1. The maximum atomic E-state index is 12.0. The van der Waals surface area contributed by atoms with E-state index in [1.54, 1.807) is 10.9 Å². The topological polar surface area (TPSA) is 56.1 Å². The highest BCUT2D eigenvalue weighted by molar-refractivity contribution is 5.78. The highest BCUT2D eigenvalue weighted by Crippen LogP contribution is 2.19. The molecule has 0 spiro atoms. The molecular formula is C13H23N3O2. The molecule has 0 aromatic carbocycles. The third-order valence-corrected chi connectivity index (χ3v) is 3.17. The molecule has 0 aliphatic rings. The van der Waals surface area contributed by atoms with E-state index >= 15 is 0 Å². The first kappa shape index (κ1) is 14.7. The van der Waals surface area contributed by atoms with Crippen molar-refractivity contribution in [3.8, 4) is 0 Å². The van der Waals surface area contributed by atoms with Crippen LogP contribution in [-0.4, -0.2) is 28.4 Å². The van der Waals surface area contributed by atoms with Crippen LogP contribution in [0.15, 0.2) is 6.20 Å². The minimum absolute atomic E-state index is 0.242. The fourth-order valence-electron chi connectivity index (χ4n) is 1.71. The van der Waals surface area contributed by atoms with Gasteiger partial charge >= 0.3 is 5.97 Å². The number of aryl methyl sites for hydroxylation is 1. The summed E-state index contributed by atoms with van der Waals surface area (Å²) >= 11 is 0. The van der Waals surface area contributed by atoms with Gasteiger partial charge in [0, 0.05) is 24.3 Å². The molecular weight excluding hydrogens is 230 g/mol. The summed E-state index contributed by atoms with van der Waals surface area (Å²) in [5.41, 5.74) is 1.86. The number of nitrogens with zero attached hydrogens (tertiary/aromatic N) is 2. The van der Waals surface area contributed by atoms with E-state index in [1.165, 1.54) is 0 Å². The van der Waals surface area contributed by atoms with Gasteiger partial charge in [-0.25, -0.2) is 4.79 Å². The molecule has 1 heterocycles. The maximum absolute atomic E-state index is 12.0. The predicted molar refractivity (Wildman–Crippen MR) is 70.2 cm³/mol. The van der Waals surface area contributed by atoms with Crippen molar-refractivity contribution in [1.29, 1.82) is 0 Å². The molecule has 0 aliphatic heterocycles. The van der Waals surface area contributed by atoms with Crippen LogP contribution < -0.4 is 5.32 Å². The number of hydrogen-bond donors (Lipinski definition) is 1. The molecule has 1 aromatic rings. The van der Waals surface area contributed by atoms with Crippen molar-refractivity contribution < 1.29 is 9.53 Å². The van der Waals surface area contributed by atoms with Gasteiger partial charge in [0.05, 0.1) is 12.8 Å². The molecule has 2 unspecified atom stereocenters. The molecule has 18 heavy (non-hydrogen) atoms. The van der Waals surface area contributed by atoms with Crippen LogP contribution in [0.5, 0.6) is 0 Å². The lowest BCUT2D eigenvalue weighted by molar-refractivity contribution is -0.146. The van der Waals surface area contributed by atoms with Gasteiger partial charge in [0.25, 0.3) is 0 Å². The van der Waals surface area contributed by atoms with Crippen molar-refractivity contribution in [2.45, 2.75) is 46.2 Å². The van der Waals surface area contributed by atoms with Crippen LogP contribution in [0.25, 0.3) is 0 Å². The zero-order valence-corrected chi connectivity index (χ0v) is 11.9. The second-order valence-electron chi connectivity index (χ2n) is 4.47. The molecule has 0 fully saturated rings. The number of aromatic nitrogens is 2. The Balaban J connectivity index is 2.96. The average molecular weight is 253 g/mol. The molecule has 1 aromatic heterocycles. The van der Waals surface area contributed by atoms with Gasteiger partial charge in [-0.1, -0.05) is 6.92 Å². The van der Waals surface area contributed by atoms with Gasteiger partial charge in [0.2, 0.25) is 0 Å². The maximum Gasteiger partial charge on any atom is 0.327 e. The third kappa shape index (κ3) is 3.32. The van der Waals surface area contributed by atoms with Gasteiger partial charge in [0.1, 0.15) is 6.04 Å². The van der Waals surface area contributed by atoms with E-state index < -0.39 is 6.04 Å². The van der Waals surface area contributed by atoms with Crippen LogP contribution in [0, 0.1) is 6.92 Å². The number of ether oxygens (including phenoxy) is 1. The first-order valence-electron chi connectivity index (χ1n) is 6.42. The fraction of sp³-hybridized carbons (Fsp3) is 0.692. The number of carbonyl (C=O) groups excluding carboxylic acids is 1. The van der Waals surface area contributed by atoms with Crippen LogP contribution >= 0.6 is 0 Å². The Morgan fingerprint density at radius 1 is 1.56 bits per heavy atom. The van der Waals surface area contributed by atoms with Crippen molar-refractivity contribution in [3.05, 3.63) is 17.5 Å². The second-order valence-corrected chi connectivity index (χ2v) is 4.47. The van der Waals surface area contributed by atoms with E-state index in [0.29, 0.717) is 6.61 Å². The number of rotatable bonds is 6. The smallest absolute Gasteiger partial charge is 0.327 e. The molecule has 1 N–H and O–H groups in total. The summed E-state index contributed by atoms with van der Waals surface area (Å²) in [5.74, 6) is -0.242. The Hall–Kier alpha value is -1.36. The molecule has 0 radical (unpaired) electrons. The molecule has 0 saturated carbocycles. The molecule has 0 saturated heterocycles. The highest BCUT2D eigenvalue weighted by atomic mass is 16.5. The Morgan fingerprint density at radius 2 is 2.22 bits per heavy atom. The zero-order valence-electron chi connectivity index (χ0n) is 11.9. The van der Waals surface area contributed by atoms with Crippen molar-refractivity contribution in [1.82, 2.24) is 15.1 Å². The molecule has 0 aliphatic carbocycles. The Morgan fingerprint density at radius 3 is 2.67 bits per heavy atom. The lowest BCUT2D eigenvalue weighted by Crippen LogP contribution is -2.36. The highest BCUT2D eigenvalue weighted by Gasteiger charge is 2.26. The number of esters is 1. The Bertz CT molecular complexity index is 401. The van der Waals surface area contributed by atoms with E-state index in [0.717, 1.165) is 17.7 Å². The standard InChI is InChI=1S/C13H23N3O2/c1-6-9(3)15-12(13(17)18-7-2)11-8-14-16(5)10(11)4/h8-9,12,15H,6-7H2,1-5H3. The van der Waals surface area contributed by atoms with Gasteiger partial charge in [-0.2, -0.15) is 5.10 Å². The molecule has 5 nitrogen and oxygen atoms in total. The molecule has 0 bridgehead atoms. The Kier molecular flexibility index (Phi) is 5.34. The van der Waals surface area contributed by atoms with Crippen LogP contribution in [0.2, 0.25) is 0 Å². The largest absolute Gasteiger partial charge is 0.465 e. The monoisotopic (exact) mass is 253 g/mol. The van der Waals surface area contributed by atoms with Crippen LogP contribution in [0.3, 0.4) is 0 Å². The normalized spacial score (nSPS) is 14.3. The zero-order chi connectivity index (χ0) is 13.7. The molecule has 5 heteroatoms. The lowest BCUT2D eigenvalue weighted by atomic mass is 10.1. The van der Waals surface area contributed by atoms with E-state index in [1.807, 2.05) is 20.9 Å². The minimum Gasteiger partial charge on any atom is -0.465 e. The molecule has 2 atom stereocenters. The summed E-state index contributed by atoms with van der Waals surface area (Å²) in [6.45, 7) is 8.28. The van der Waals surface area contributed by atoms with E-state index in [-0.39, 0.29) is 12.0 Å². The van der Waals surface area contributed by atoms with Crippen molar-refractivity contribution in [3.63, 3.8) is 0 Å². The first-order valence-corrected chi connectivity index (χ1v) is 6.42. The Labute approximate surface area is 109 Å². The SMILES string of the molecule is CCOC(=O)C(NC(C)CC)c1cnn(C)c1C. The van der Waals surface area contributed by atoms with Gasteiger partial charge in [-0.15, -0.1) is 0 Å². The third-order valence-electron chi connectivity index (χ3n) is 3.17. The van der Waals surface area contributed by atoms with Crippen LogP contribution in [0.1, 0.15) is 44.5 Å². The van der Waals surface area contributed by atoms with Gasteiger partial charge < -0.3 is 4.74 Å². The van der Waals surface area contributed by atoms with E-state index in [2.05, 4.69) is 24.3 Å². The summed E-state index contributed by atoms with van der Waals surface area (Å²) < 4.78 is 6.89. The summed E-state index contributed by atoms with van der Waals surface area (Å²) in [6.07, 6.45) is 2.68. The van der Waals surface area contributed by atoms with Crippen LogP contribution in [-0.2, 0) is 16.6 Å². The summed E-state index contributed by atoms with van der Waals surface area (Å²) in [6, 6.07) is -0.187. The van der Waals surface area contributed by atoms with Crippen LogP contribution in [0.4, 0.5) is 0 Å². The predicted octanol–water partition coefficient (Wildman–Crippen LogP) is 1.72. The van der Waals surface area contributed by atoms with Crippen molar-refractivity contribution in [2.75, 3.05) is 6.61 Å². The van der Waals surface area contributed by atoms with Gasteiger partial charge in [0.15, 0.2) is 0 Å². The molecule has 102 valence electrons. The van der Waals surface area contributed by atoms with Crippen molar-refractivity contribution >= 4 is 5.97 Å². The first-order chi connectivity index (χ1) is 8.51. The van der Waals surface area contributed by atoms with E-state index in [9.17, 15) is 4.79 Å². The molecule has 1 rings (SSSR count). The van der Waals surface area contributed by atoms with Gasteiger partial charge in [-0.3, -0.25) is 10.00 Å². The lowest BCUT2D eigenvalue weighted by Gasteiger charge is -2.21. The fourth-order valence-corrected chi connectivity index (χ4v) is 1.71. The average Bonchev–Trinajstić information content (AvgIpc) is 2.67. The molecule has 0 amide bonds. The summed E-state index contributed by atoms with van der Waals surface area (Å²) in [5, 5.41) is 7.48. The second kappa shape index (κ2) is 6.54. The minimum atomic E-state index is -0.436.